The minimum Gasteiger partial charge on any atom is -0.351 e. The van der Waals surface area contributed by atoms with E-state index in [1.54, 1.807) is 6.07 Å². The van der Waals surface area contributed by atoms with Gasteiger partial charge in [0.15, 0.2) is 0 Å². The van der Waals surface area contributed by atoms with Crippen LogP contribution in [-0.4, -0.2) is 13.7 Å². The Morgan fingerprint density at radius 1 is 0.800 bits per heavy atom. The molecule has 25 heavy (non-hydrogen) atoms. The average molecular weight is 327 g/mol. The molecule has 4 nitrogen and oxygen atoms in total. The Morgan fingerprint density at radius 3 is 2.48 bits per heavy atom. The summed E-state index contributed by atoms with van der Waals surface area (Å²) >= 11 is 0. The van der Waals surface area contributed by atoms with E-state index in [0.29, 0.717) is 0 Å². The summed E-state index contributed by atoms with van der Waals surface area (Å²) in [6.45, 7) is 0. The molecule has 0 N–H and O–H groups in total. The molecule has 0 fully saturated rings. The summed E-state index contributed by atoms with van der Waals surface area (Å²) in [7, 11) is 4.07. The van der Waals surface area contributed by atoms with Crippen LogP contribution in [0.15, 0.2) is 71.7 Å². The van der Waals surface area contributed by atoms with Crippen LogP contribution in [0.3, 0.4) is 0 Å². The number of aryl methyl sites for hydroxylation is 2. The summed E-state index contributed by atoms with van der Waals surface area (Å²) in [6.07, 6.45) is 2.04. The fourth-order valence-electron chi connectivity index (χ4n) is 3.82. The third kappa shape index (κ3) is 1.85. The van der Waals surface area contributed by atoms with Crippen LogP contribution in [-0.2, 0) is 14.1 Å². The highest BCUT2D eigenvalue weighted by molar-refractivity contribution is 6.06. The molecule has 0 bridgehead atoms. The van der Waals surface area contributed by atoms with Crippen molar-refractivity contribution >= 4 is 32.8 Å². The highest BCUT2D eigenvalue weighted by Crippen LogP contribution is 2.29. The van der Waals surface area contributed by atoms with Crippen LogP contribution in [0.2, 0.25) is 0 Å². The predicted molar refractivity (Wildman–Crippen MR) is 102 cm³/mol. The van der Waals surface area contributed by atoms with Crippen LogP contribution < -0.4 is 5.56 Å². The monoisotopic (exact) mass is 327 g/mol. The molecule has 0 saturated carbocycles. The summed E-state index contributed by atoms with van der Waals surface area (Å²) < 4.78 is 6.05. The van der Waals surface area contributed by atoms with Crippen molar-refractivity contribution in [1.29, 1.82) is 0 Å². The van der Waals surface area contributed by atoms with E-state index in [1.165, 1.54) is 0 Å². The first-order valence-electron chi connectivity index (χ1n) is 8.30. The molecule has 5 aromatic rings. The Labute approximate surface area is 144 Å². The van der Waals surface area contributed by atoms with Crippen molar-refractivity contribution in [2.75, 3.05) is 0 Å². The summed E-state index contributed by atoms with van der Waals surface area (Å²) in [5, 5.41) is 2.22. The van der Waals surface area contributed by atoms with Crippen molar-refractivity contribution in [1.82, 2.24) is 13.7 Å². The Hall–Kier alpha value is -3.27. The molecule has 0 unspecified atom stereocenters. The highest BCUT2D eigenvalue weighted by atomic mass is 16.1. The number of rotatable bonds is 1. The third-order valence-corrected chi connectivity index (χ3v) is 5.08. The van der Waals surface area contributed by atoms with E-state index in [0.717, 1.165) is 38.5 Å². The maximum Gasteiger partial charge on any atom is 0.255 e. The van der Waals surface area contributed by atoms with E-state index in [9.17, 15) is 4.79 Å². The zero-order valence-electron chi connectivity index (χ0n) is 14.1. The van der Waals surface area contributed by atoms with E-state index in [1.807, 2.05) is 49.1 Å². The summed E-state index contributed by atoms with van der Waals surface area (Å²) in [5.74, 6) is 0. The lowest BCUT2D eigenvalue weighted by molar-refractivity contribution is 0.968. The van der Waals surface area contributed by atoms with Crippen molar-refractivity contribution < 1.29 is 0 Å². The van der Waals surface area contributed by atoms with E-state index in [4.69, 9.17) is 0 Å². The fraction of sp³-hybridized carbons (Fsp3) is 0.0952. The second-order valence-corrected chi connectivity index (χ2v) is 6.49. The van der Waals surface area contributed by atoms with Crippen LogP contribution >= 0.6 is 0 Å². The molecule has 0 aliphatic heterocycles. The number of nitrogens with zero attached hydrogens (tertiary/aromatic N) is 3. The standard InChI is InChI=1S/C21H17N3O/c1-22-12-11-14-13-15(7-8-17(14)22)24-20(25)10-9-19-21(24)16-5-3-4-6-18(16)23(19)2/h3-13H,1-2H3. The van der Waals surface area contributed by atoms with Crippen LogP contribution in [0.25, 0.3) is 38.5 Å². The van der Waals surface area contributed by atoms with Crippen molar-refractivity contribution in [2.24, 2.45) is 14.1 Å². The molecule has 2 aromatic carbocycles. The SMILES string of the molecule is Cn1ccc2cc(-n3c(=O)ccc4c3c3ccccc3n4C)ccc21. The molecule has 0 aliphatic carbocycles. The number of benzene rings is 2. The zero-order chi connectivity index (χ0) is 17.1. The van der Waals surface area contributed by atoms with E-state index in [-0.39, 0.29) is 5.56 Å². The summed E-state index contributed by atoms with van der Waals surface area (Å²) in [6, 6.07) is 20.0. The first-order valence-corrected chi connectivity index (χ1v) is 8.30. The highest BCUT2D eigenvalue weighted by Gasteiger charge is 2.14. The maximum atomic E-state index is 12.8. The van der Waals surface area contributed by atoms with Gasteiger partial charge in [-0.05, 0) is 36.4 Å². The molecule has 0 radical (unpaired) electrons. The largest absolute Gasteiger partial charge is 0.351 e. The quantitative estimate of drug-likeness (QED) is 0.458. The molecule has 4 heteroatoms. The van der Waals surface area contributed by atoms with Crippen molar-refractivity contribution in [3.8, 4) is 5.69 Å². The third-order valence-electron chi connectivity index (χ3n) is 5.08. The van der Waals surface area contributed by atoms with Gasteiger partial charge in [-0.2, -0.15) is 0 Å². The normalized spacial score (nSPS) is 11.8. The maximum absolute atomic E-state index is 12.8. The minimum absolute atomic E-state index is 0.0147. The molecule has 3 aromatic heterocycles. The molecular weight excluding hydrogens is 310 g/mol. The Kier molecular flexibility index (Phi) is 2.74. The van der Waals surface area contributed by atoms with Gasteiger partial charge in [0, 0.05) is 42.6 Å². The van der Waals surface area contributed by atoms with Crippen molar-refractivity contribution in [3.05, 3.63) is 77.2 Å². The Bertz CT molecular complexity index is 1330. The van der Waals surface area contributed by atoms with Gasteiger partial charge in [-0.1, -0.05) is 18.2 Å². The van der Waals surface area contributed by atoms with Crippen LogP contribution in [0.4, 0.5) is 0 Å². The Balaban J connectivity index is 1.95. The van der Waals surface area contributed by atoms with Crippen LogP contribution in [0, 0.1) is 0 Å². The number of pyridine rings is 1. The molecule has 0 atom stereocenters. The molecule has 3 heterocycles. The van der Waals surface area contributed by atoms with Gasteiger partial charge in [0.05, 0.1) is 22.2 Å². The van der Waals surface area contributed by atoms with Gasteiger partial charge < -0.3 is 9.13 Å². The second kappa shape index (κ2) is 4.86. The fourth-order valence-corrected chi connectivity index (χ4v) is 3.82. The number of hydrogen-bond acceptors (Lipinski definition) is 1. The molecule has 122 valence electrons. The number of hydrogen-bond donors (Lipinski definition) is 0. The lowest BCUT2D eigenvalue weighted by atomic mass is 10.2. The molecule has 0 aliphatic rings. The van der Waals surface area contributed by atoms with Crippen LogP contribution in [0.5, 0.6) is 0 Å². The van der Waals surface area contributed by atoms with Crippen molar-refractivity contribution in [2.45, 2.75) is 0 Å². The van der Waals surface area contributed by atoms with Gasteiger partial charge in [-0.25, -0.2) is 0 Å². The lowest BCUT2D eigenvalue weighted by Gasteiger charge is -2.09. The summed E-state index contributed by atoms with van der Waals surface area (Å²) in [4.78, 5) is 12.8. The van der Waals surface area contributed by atoms with Gasteiger partial charge in [0.2, 0.25) is 0 Å². The topological polar surface area (TPSA) is 31.9 Å². The molecule has 0 saturated heterocycles. The van der Waals surface area contributed by atoms with E-state index < -0.39 is 0 Å². The second-order valence-electron chi connectivity index (χ2n) is 6.49. The first-order chi connectivity index (χ1) is 12.1. The van der Waals surface area contributed by atoms with Crippen molar-refractivity contribution in [3.63, 3.8) is 0 Å². The number of para-hydroxylation sites is 1. The van der Waals surface area contributed by atoms with Gasteiger partial charge in [0.1, 0.15) is 0 Å². The molecule has 5 rings (SSSR count). The molecular formula is C21H17N3O. The minimum atomic E-state index is -0.0147. The molecule has 0 spiro atoms. The van der Waals surface area contributed by atoms with Gasteiger partial charge in [-0.15, -0.1) is 0 Å². The predicted octanol–water partition coefficient (Wildman–Crippen LogP) is 3.97. The number of aromatic nitrogens is 3. The summed E-state index contributed by atoms with van der Waals surface area (Å²) in [5.41, 5.74) is 5.17. The molecule has 0 amide bonds. The van der Waals surface area contributed by atoms with Gasteiger partial charge in [-0.3, -0.25) is 9.36 Å². The van der Waals surface area contributed by atoms with Gasteiger partial charge >= 0.3 is 0 Å². The lowest BCUT2D eigenvalue weighted by Crippen LogP contribution is -2.17. The zero-order valence-corrected chi connectivity index (χ0v) is 14.1. The first kappa shape index (κ1) is 14.1. The van der Waals surface area contributed by atoms with Gasteiger partial charge in [0.25, 0.3) is 5.56 Å². The van der Waals surface area contributed by atoms with Crippen LogP contribution in [0.1, 0.15) is 0 Å². The smallest absolute Gasteiger partial charge is 0.255 e. The average Bonchev–Trinajstić information content (AvgIpc) is 3.14. The Morgan fingerprint density at radius 2 is 1.60 bits per heavy atom. The van der Waals surface area contributed by atoms with E-state index in [2.05, 4.69) is 39.5 Å². The van der Waals surface area contributed by atoms with E-state index >= 15 is 0 Å². The number of fused-ring (bicyclic) bond motifs is 4.